The van der Waals surface area contributed by atoms with Crippen molar-refractivity contribution in [2.24, 2.45) is 0 Å². The van der Waals surface area contributed by atoms with Crippen LogP contribution < -0.4 is 15.0 Å². The van der Waals surface area contributed by atoms with Crippen LogP contribution in [0.4, 0.5) is 11.4 Å². The molecule has 1 aliphatic rings. The Balaban J connectivity index is 1.58. The van der Waals surface area contributed by atoms with Crippen molar-refractivity contribution in [3.8, 4) is 5.75 Å². The lowest BCUT2D eigenvalue weighted by atomic mass is 10.1. The summed E-state index contributed by atoms with van der Waals surface area (Å²) in [5.41, 5.74) is 3.94. The third-order valence-corrected chi connectivity index (χ3v) is 4.55. The molecule has 0 radical (unpaired) electrons. The second-order valence-corrected chi connectivity index (χ2v) is 6.93. The van der Waals surface area contributed by atoms with E-state index in [-0.39, 0.29) is 12.5 Å². The van der Waals surface area contributed by atoms with Gasteiger partial charge in [-0.05, 0) is 68.1 Å². The van der Waals surface area contributed by atoms with E-state index in [1.807, 2.05) is 38.1 Å². The molecule has 0 spiro atoms. The van der Waals surface area contributed by atoms with Gasteiger partial charge < -0.3 is 15.0 Å². The van der Waals surface area contributed by atoms with E-state index in [4.69, 9.17) is 16.3 Å². The molecule has 0 unspecified atom stereocenters. The Kier molecular flexibility index (Phi) is 5.49. The third-order valence-electron chi connectivity index (χ3n) is 4.24. The van der Waals surface area contributed by atoms with Crippen molar-refractivity contribution >= 4 is 28.9 Å². The molecule has 0 atom stereocenters. The Morgan fingerprint density at radius 1 is 1.12 bits per heavy atom. The van der Waals surface area contributed by atoms with E-state index >= 15 is 0 Å². The van der Waals surface area contributed by atoms with E-state index < -0.39 is 0 Å². The Bertz CT molecular complexity index is 750. The van der Waals surface area contributed by atoms with Gasteiger partial charge in [0.05, 0.1) is 10.7 Å². The van der Waals surface area contributed by atoms with Gasteiger partial charge in [-0.2, -0.15) is 0 Å². The van der Waals surface area contributed by atoms with Crippen LogP contribution in [0, 0.1) is 13.8 Å². The zero-order valence-electron chi connectivity index (χ0n) is 14.6. The van der Waals surface area contributed by atoms with Gasteiger partial charge in [0.2, 0.25) is 0 Å². The first kappa shape index (κ1) is 17.6. The lowest BCUT2D eigenvalue weighted by molar-refractivity contribution is -0.118. The highest BCUT2D eigenvalue weighted by atomic mass is 35.5. The molecule has 0 saturated carbocycles. The van der Waals surface area contributed by atoms with Crippen molar-refractivity contribution < 1.29 is 9.53 Å². The van der Waals surface area contributed by atoms with Crippen LogP contribution in [-0.2, 0) is 4.79 Å². The molecule has 0 aromatic heterocycles. The number of ether oxygens (including phenoxy) is 1. The fourth-order valence-electron chi connectivity index (χ4n) is 3.16. The maximum absolute atomic E-state index is 12.1. The highest BCUT2D eigenvalue weighted by Crippen LogP contribution is 2.31. The number of benzene rings is 2. The van der Waals surface area contributed by atoms with Gasteiger partial charge in [-0.1, -0.05) is 17.7 Å². The smallest absolute Gasteiger partial charge is 0.262 e. The van der Waals surface area contributed by atoms with Gasteiger partial charge in [-0.15, -0.1) is 0 Å². The second kappa shape index (κ2) is 7.79. The molecule has 1 heterocycles. The number of anilines is 2. The quantitative estimate of drug-likeness (QED) is 0.850. The molecular weight excluding hydrogens is 336 g/mol. The Morgan fingerprint density at radius 3 is 2.44 bits per heavy atom. The molecule has 25 heavy (non-hydrogen) atoms. The third kappa shape index (κ3) is 4.67. The molecule has 132 valence electrons. The number of aryl methyl sites for hydroxylation is 2. The summed E-state index contributed by atoms with van der Waals surface area (Å²) in [7, 11) is 0. The lowest BCUT2D eigenvalue weighted by Crippen LogP contribution is -2.21. The predicted molar refractivity (Wildman–Crippen MR) is 103 cm³/mol. The standard InChI is InChI=1S/C20H23ClN2O2/c1-14-9-15(2)11-17(10-14)25-13-20(24)22-16-5-6-19(18(21)12-16)23-7-3-4-8-23/h5-6,9-12H,3-4,7-8,13H2,1-2H3,(H,22,24). The highest BCUT2D eigenvalue weighted by molar-refractivity contribution is 6.33. The fourth-order valence-corrected chi connectivity index (χ4v) is 3.46. The van der Waals surface area contributed by atoms with Crippen LogP contribution in [0.3, 0.4) is 0 Å². The van der Waals surface area contributed by atoms with E-state index in [1.165, 1.54) is 12.8 Å². The normalized spacial score (nSPS) is 13.8. The number of hydrogen-bond donors (Lipinski definition) is 1. The molecule has 1 saturated heterocycles. The van der Waals surface area contributed by atoms with Gasteiger partial charge in [0, 0.05) is 18.8 Å². The first-order chi connectivity index (χ1) is 12.0. The highest BCUT2D eigenvalue weighted by Gasteiger charge is 2.15. The van der Waals surface area contributed by atoms with Crippen molar-refractivity contribution in [3.05, 3.63) is 52.5 Å². The zero-order valence-corrected chi connectivity index (χ0v) is 15.4. The summed E-state index contributed by atoms with van der Waals surface area (Å²) < 4.78 is 5.58. The molecule has 1 aliphatic heterocycles. The topological polar surface area (TPSA) is 41.6 Å². The monoisotopic (exact) mass is 358 g/mol. The SMILES string of the molecule is Cc1cc(C)cc(OCC(=O)Nc2ccc(N3CCCC3)c(Cl)c2)c1. The maximum atomic E-state index is 12.1. The molecule has 2 aromatic carbocycles. The minimum atomic E-state index is -0.204. The van der Waals surface area contributed by atoms with E-state index in [9.17, 15) is 4.79 Å². The molecule has 4 nitrogen and oxygen atoms in total. The molecule has 0 bridgehead atoms. The van der Waals surface area contributed by atoms with Crippen molar-refractivity contribution in [2.45, 2.75) is 26.7 Å². The van der Waals surface area contributed by atoms with Crippen molar-refractivity contribution in [1.29, 1.82) is 0 Å². The number of nitrogens with one attached hydrogen (secondary N) is 1. The van der Waals surface area contributed by atoms with Gasteiger partial charge in [-0.3, -0.25) is 4.79 Å². The van der Waals surface area contributed by atoms with E-state index in [0.717, 1.165) is 29.9 Å². The summed E-state index contributed by atoms with van der Waals surface area (Å²) in [6.45, 7) is 6.05. The largest absolute Gasteiger partial charge is 0.484 e. The van der Waals surface area contributed by atoms with Crippen LogP contribution in [0.1, 0.15) is 24.0 Å². The van der Waals surface area contributed by atoms with Crippen molar-refractivity contribution in [2.75, 3.05) is 29.9 Å². The first-order valence-corrected chi connectivity index (χ1v) is 8.94. The van der Waals surface area contributed by atoms with Gasteiger partial charge >= 0.3 is 0 Å². The molecule has 5 heteroatoms. The van der Waals surface area contributed by atoms with Gasteiger partial charge in [0.1, 0.15) is 5.75 Å². The van der Waals surface area contributed by atoms with Crippen molar-refractivity contribution in [3.63, 3.8) is 0 Å². The summed E-state index contributed by atoms with van der Waals surface area (Å²) in [4.78, 5) is 14.4. The predicted octanol–water partition coefficient (Wildman–Crippen LogP) is 4.57. The molecule has 0 aliphatic carbocycles. The molecule has 1 N–H and O–H groups in total. The number of nitrogens with zero attached hydrogens (tertiary/aromatic N) is 1. The van der Waals surface area contributed by atoms with Crippen LogP contribution in [0.15, 0.2) is 36.4 Å². The van der Waals surface area contributed by atoms with E-state index in [1.54, 1.807) is 6.07 Å². The van der Waals surface area contributed by atoms with Crippen LogP contribution in [-0.4, -0.2) is 25.6 Å². The number of hydrogen-bond acceptors (Lipinski definition) is 3. The maximum Gasteiger partial charge on any atom is 0.262 e. The number of amides is 1. The number of rotatable bonds is 5. The molecule has 1 fully saturated rings. The van der Waals surface area contributed by atoms with Crippen LogP contribution >= 0.6 is 11.6 Å². The number of carbonyl (C=O) groups excluding carboxylic acids is 1. The molecule has 2 aromatic rings. The summed E-state index contributed by atoms with van der Waals surface area (Å²) in [6, 6.07) is 11.5. The Hall–Kier alpha value is -2.20. The minimum absolute atomic E-state index is 0.0333. The minimum Gasteiger partial charge on any atom is -0.484 e. The van der Waals surface area contributed by atoms with E-state index in [0.29, 0.717) is 16.5 Å². The molecular formula is C20H23ClN2O2. The lowest BCUT2D eigenvalue weighted by Gasteiger charge is -2.19. The van der Waals surface area contributed by atoms with Gasteiger partial charge in [-0.25, -0.2) is 0 Å². The summed E-state index contributed by atoms with van der Waals surface area (Å²) in [5.74, 6) is 0.499. The van der Waals surface area contributed by atoms with Crippen LogP contribution in [0.25, 0.3) is 0 Å². The molecule has 1 amide bonds. The van der Waals surface area contributed by atoms with Gasteiger partial charge in [0.25, 0.3) is 5.91 Å². The first-order valence-electron chi connectivity index (χ1n) is 8.57. The zero-order chi connectivity index (χ0) is 17.8. The Labute approximate surface area is 153 Å². The summed E-state index contributed by atoms with van der Waals surface area (Å²) in [6.07, 6.45) is 2.40. The van der Waals surface area contributed by atoms with E-state index in [2.05, 4.69) is 16.3 Å². The van der Waals surface area contributed by atoms with Crippen LogP contribution in [0.5, 0.6) is 5.75 Å². The average molecular weight is 359 g/mol. The van der Waals surface area contributed by atoms with Crippen LogP contribution in [0.2, 0.25) is 5.02 Å². The van der Waals surface area contributed by atoms with Gasteiger partial charge in [0.15, 0.2) is 6.61 Å². The summed E-state index contributed by atoms with van der Waals surface area (Å²) in [5, 5.41) is 3.50. The second-order valence-electron chi connectivity index (χ2n) is 6.52. The number of carbonyl (C=O) groups is 1. The fraction of sp³-hybridized carbons (Fsp3) is 0.350. The average Bonchev–Trinajstić information content (AvgIpc) is 3.06. The summed E-state index contributed by atoms with van der Waals surface area (Å²) >= 11 is 6.38. The molecule has 3 rings (SSSR count). The van der Waals surface area contributed by atoms with Crippen molar-refractivity contribution in [1.82, 2.24) is 0 Å². The number of halogens is 1. The Morgan fingerprint density at radius 2 is 1.80 bits per heavy atom.